The fourth-order valence-electron chi connectivity index (χ4n) is 1.06. The largest absolute Gasteiger partial charge is 0.399 e. The molecule has 0 saturated carbocycles. The zero-order valence-corrected chi connectivity index (χ0v) is 8.76. The Kier molecular flexibility index (Phi) is 4.32. The summed E-state index contributed by atoms with van der Waals surface area (Å²) in [6.45, 7) is 0.650. The summed E-state index contributed by atoms with van der Waals surface area (Å²) in [6, 6.07) is 6.93. The third-order valence-electron chi connectivity index (χ3n) is 1.77. The van der Waals surface area contributed by atoms with E-state index in [0.29, 0.717) is 17.8 Å². The topological polar surface area (TPSA) is 55.1 Å². The predicted molar refractivity (Wildman–Crippen MR) is 61.7 cm³/mol. The first-order valence-corrected chi connectivity index (χ1v) is 5.12. The van der Waals surface area contributed by atoms with Gasteiger partial charge < -0.3 is 11.1 Å². The molecule has 76 valence electrons. The zero-order chi connectivity index (χ0) is 10.4. The number of carbonyl (C=O) groups excluding carboxylic acids is 1. The van der Waals surface area contributed by atoms with Gasteiger partial charge in [0.25, 0.3) is 5.91 Å². The lowest BCUT2D eigenvalue weighted by molar-refractivity contribution is 0.0954. The molecule has 1 amide bonds. The van der Waals surface area contributed by atoms with Crippen molar-refractivity contribution in [2.45, 2.75) is 6.42 Å². The van der Waals surface area contributed by atoms with Gasteiger partial charge in [-0.3, -0.25) is 4.79 Å². The Balaban J connectivity index is 2.52. The van der Waals surface area contributed by atoms with Crippen molar-refractivity contribution in [3.8, 4) is 0 Å². The summed E-state index contributed by atoms with van der Waals surface area (Å²) in [7, 11) is 0. The number of nitrogens with two attached hydrogens (primary N) is 1. The van der Waals surface area contributed by atoms with Crippen LogP contribution in [0, 0.1) is 0 Å². The molecule has 0 aliphatic rings. The molecule has 1 aromatic carbocycles. The number of anilines is 1. The Labute approximate surface area is 89.1 Å². The SMILES string of the molecule is Nc1cccc(C(=O)NCCCS)c1. The molecule has 0 radical (unpaired) electrons. The molecular formula is C10H14N2OS. The standard InChI is InChI=1S/C10H14N2OS/c11-9-4-1-3-8(7-9)10(13)12-5-2-6-14/h1,3-4,7,14H,2,5-6,11H2,(H,12,13). The molecule has 4 heteroatoms. The van der Waals surface area contributed by atoms with E-state index in [1.54, 1.807) is 24.3 Å². The highest BCUT2D eigenvalue weighted by molar-refractivity contribution is 7.80. The van der Waals surface area contributed by atoms with Crippen LogP contribution in [0.25, 0.3) is 0 Å². The lowest BCUT2D eigenvalue weighted by Gasteiger charge is -2.04. The normalized spacial score (nSPS) is 9.79. The van der Waals surface area contributed by atoms with Crippen molar-refractivity contribution in [3.05, 3.63) is 29.8 Å². The number of nitrogen functional groups attached to an aromatic ring is 1. The lowest BCUT2D eigenvalue weighted by Crippen LogP contribution is -2.24. The first-order chi connectivity index (χ1) is 6.74. The number of hydrogen-bond acceptors (Lipinski definition) is 3. The second-order valence-electron chi connectivity index (χ2n) is 2.96. The number of thiol groups is 1. The third-order valence-corrected chi connectivity index (χ3v) is 2.09. The maximum absolute atomic E-state index is 11.5. The summed E-state index contributed by atoms with van der Waals surface area (Å²) in [4.78, 5) is 11.5. The summed E-state index contributed by atoms with van der Waals surface area (Å²) in [5.41, 5.74) is 6.76. The molecule has 0 bridgehead atoms. The fourth-order valence-corrected chi connectivity index (χ4v) is 1.22. The lowest BCUT2D eigenvalue weighted by atomic mass is 10.2. The zero-order valence-electron chi connectivity index (χ0n) is 7.86. The minimum absolute atomic E-state index is 0.0842. The highest BCUT2D eigenvalue weighted by Gasteiger charge is 2.03. The van der Waals surface area contributed by atoms with E-state index in [2.05, 4.69) is 17.9 Å². The number of benzene rings is 1. The van der Waals surface area contributed by atoms with Gasteiger partial charge in [-0.15, -0.1) is 0 Å². The van der Waals surface area contributed by atoms with Gasteiger partial charge >= 0.3 is 0 Å². The van der Waals surface area contributed by atoms with Crippen LogP contribution in [0.2, 0.25) is 0 Å². The highest BCUT2D eigenvalue weighted by atomic mass is 32.1. The van der Waals surface area contributed by atoms with E-state index in [0.717, 1.165) is 12.2 Å². The maximum Gasteiger partial charge on any atom is 0.251 e. The Hall–Kier alpha value is -1.16. The van der Waals surface area contributed by atoms with Crippen molar-refractivity contribution >= 4 is 24.2 Å². The molecule has 1 aromatic rings. The van der Waals surface area contributed by atoms with E-state index < -0.39 is 0 Å². The predicted octanol–water partition coefficient (Wildman–Crippen LogP) is 1.32. The van der Waals surface area contributed by atoms with Crippen LogP contribution >= 0.6 is 12.6 Å². The monoisotopic (exact) mass is 210 g/mol. The smallest absolute Gasteiger partial charge is 0.251 e. The quantitative estimate of drug-likeness (QED) is 0.399. The molecule has 0 unspecified atom stereocenters. The Morgan fingerprint density at radius 2 is 2.29 bits per heavy atom. The molecule has 0 spiro atoms. The maximum atomic E-state index is 11.5. The molecule has 0 aliphatic heterocycles. The molecule has 1 rings (SSSR count). The summed E-state index contributed by atoms with van der Waals surface area (Å²) in [5.74, 6) is 0.691. The van der Waals surface area contributed by atoms with Crippen LogP contribution in [0.5, 0.6) is 0 Å². The van der Waals surface area contributed by atoms with Gasteiger partial charge in [-0.2, -0.15) is 12.6 Å². The van der Waals surface area contributed by atoms with Crippen LogP contribution in [0.3, 0.4) is 0 Å². The van der Waals surface area contributed by atoms with E-state index >= 15 is 0 Å². The van der Waals surface area contributed by atoms with Crippen LogP contribution in [0.15, 0.2) is 24.3 Å². The average Bonchev–Trinajstić information content (AvgIpc) is 2.18. The van der Waals surface area contributed by atoms with Crippen LogP contribution in [-0.4, -0.2) is 18.2 Å². The molecule has 3 N–H and O–H groups in total. The Morgan fingerprint density at radius 3 is 2.93 bits per heavy atom. The van der Waals surface area contributed by atoms with Crippen molar-refractivity contribution in [1.82, 2.24) is 5.32 Å². The van der Waals surface area contributed by atoms with Crippen molar-refractivity contribution < 1.29 is 4.79 Å². The highest BCUT2D eigenvalue weighted by Crippen LogP contribution is 2.05. The molecule has 3 nitrogen and oxygen atoms in total. The van der Waals surface area contributed by atoms with Gasteiger partial charge in [0, 0.05) is 17.8 Å². The van der Waals surface area contributed by atoms with Crippen LogP contribution in [-0.2, 0) is 0 Å². The van der Waals surface area contributed by atoms with Crippen LogP contribution < -0.4 is 11.1 Å². The van der Waals surface area contributed by atoms with Gasteiger partial charge in [-0.25, -0.2) is 0 Å². The first-order valence-electron chi connectivity index (χ1n) is 4.48. The summed E-state index contributed by atoms with van der Waals surface area (Å²) in [6.07, 6.45) is 0.872. The van der Waals surface area contributed by atoms with Gasteiger partial charge in [0.2, 0.25) is 0 Å². The second kappa shape index (κ2) is 5.54. The number of hydrogen-bond donors (Lipinski definition) is 3. The molecule has 0 saturated heterocycles. The number of carbonyl (C=O) groups is 1. The van der Waals surface area contributed by atoms with Crippen LogP contribution in [0.4, 0.5) is 5.69 Å². The van der Waals surface area contributed by atoms with E-state index in [4.69, 9.17) is 5.73 Å². The van der Waals surface area contributed by atoms with E-state index in [9.17, 15) is 4.79 Å². The summed E-state index contributed by atoms with van der Waals surface area (Å²) in [5, 5.41) is 2.78. The van der Waals surface area contributed by atoms with Gasteiger partial charge in [0.15, 0.2) is 0 Å². The molecule has 0 atom stereocenters. The minimum atomic E-state index is -0.0842. The molecular weight excluding hydrogens is 196 g/mol. The minimum Gasteiger partial charge on any atom is -0.399 e. The number of rotatable bonds is 4. The summed E-state index contributed by atoms with van der Waals surface area (Å²) >= 11 is 4.06. The number of nitrogens with one attached hydrogen (secondary N) is 1. The third kappa shape index (κ3) is 3.30. The molecule has 0 heterocycles. The van der Waals surface area contributed by atoms with Gasteiger partial charge in [-0.1, -0.05) is 6.07 Å². The van der Waals surface area contributed by atoms with Crippen molar-refractivity contribution in [3.63, 3.8) is 0 Å². The Bertz CT molecular complexity index is 315. The summed E-state index contributed by atoms with van der Waals surface area (Å²) < 4.78 is 0. The van der Waals surface area contributed by atoms with E-state index in [-0.39, 0.29) is 5.91 Å². The molecule has 0 fully saturated rings. The van der Waals surface area contributed by atoms with E-state index in [1.807, 2.05) is 0 Å². The molecule has 0 aromatic heterocycles. The average molecular weight is 210 g/mol. The molecule has 0 aliphatic carbocycles. The van der Waals surface area contributed by atoms with E-state index in [1.165, 1.54) is 0 Å². The van der Waals surface area contributed by atoms with Crippen molar-refractivity contribution in [2.75, 3.05) is 18.0 Å². The Morgan fingerprint density at radius 1 is 1.50 bits per heavy atom. The van der Waals surface area contributed by atoms with Crippen molar-refractivity contribution in [1.29, 1.82) is 0 Å². The first kappa shape index (κ1) is 10.9. The van der Waals surface area contributed by atoms with Gasteiger partial charge in [0.05, 0.1) is 0 Å². The van der Waals surface area contributed by atoms with Crippen LogP contribution in [0.1, 0.15) is 16.8 Å². The number of amides is 1. The van der Waals surface area contributed by atoms with Gasteiger partial charge in [0.1, 0.15) is 0 Å². The van der Waals surface area contributed by atoms with Crippen molar-refractivity contribution in [2.24, 2.45) is 0 Å². The fraction of sp³-hybridized carbons (Fsp3) is 0.300. The molecule has 14 heavy (non-hydrogen) atoms. The second-order valence-corrected chi connectivity index (χ2v) is 3.41. The van der Waals surface area contributed by atoms with Gasteiger partial charge in [-0.05, 0) is 30.4 Å².